The van der Waals surface area contributed by atoms with Gasteiger partial charge in [0, 0.05) is 11.6 Å². The van der Waals surface area contributed by atoms with Gasteiger partial charge in [0.2, 0.25) is 5.91 Å². The van der Waals surface area contributed by atoms with Crippen LogP contribution in [-0.4, -0.2) is 46.8 Å². The molecule has 194 valence electrons. The summed E-state index contributed by atoms with van der Waals surface area (Å²) in [6.07, 6.45) is 2.12. The number of carbonyl (C=O) groups excluding carboxylic acids is 2. The number of nitrogens with one attached hydrogen (secondary N) is 2. The van der Waals surface area contributed by atoms with E-state index in [0.717, 1.165) is 12.3 Å². The van der Waals surface area contributed by atoms with Crippen LogP contribution in [0, 0.1) is 11.2 Å². The van der Waals surface area contributed by atoms with Crippen LogP contribution in [0.3, 0.4) is 0 Å². The standard InChI is InChI=1S/C24H25ClF3N3O5/c25-17-4-3-15(9-18(17)26)35-13-20(33)31-23-5-7-24(8-6-23,19(32)10-23)21(34)30-11-14-1-2-16(12-29-14)36-22(27)28/h1-4,9,12,19,22,32H,5-8,10-11,13H2,(H,30,34)(H,31,33)/t19-,23?,24?/m0/s1. The number of halogens is 4. The minimum absolute atomic E-state index is 0.0507. The van der Waals surface area contributed by atoms with Gasteiger partial charge in [-0.15, -0.1) is 0 Å². The van der Waals surface area contributed by atoms with Crippen LogP contribution in [0.4, 0.5) is 13.2 Å². The summed E-state index contributed by atoms with van der Waals surface area (Å²) in [6.45, 7) is -3.22. The quantitative estimate of drug-likeness (QED) is 0.461. The molecule has 0 aliphatic heterocycles. The monoisotopic (exact) mass is 527 g/mol. The van der Waals surface area contributed by atoms with Crippen molar-refractivity contribution in [3.05, 3.63) is 53.1 Å². The first-order chi connectivity index (χ1) is 17.1. The van der Waals surface area contributed by atoms with Crippen molar-refractivity contribution >= 4 is 23.4 Å². The maximum absolute atomic E-state index is 13.5. The van der Waals surface area contributed by atoms with Gasteiger partial charge in [-0.25, -0.2) is 4.39 Å². The molecule has 2 aromatic rings. The molecule has 3 saturated carbocycles. The zero-order valence-electron chi connectivity index (χ0n) is 19.1. The van der Waals surface area contributed by atoms with Crippen LogP contribution < -0.4 is 20.1 Å². The van der Waals surface area contributed by atoms with Gasteiger partial charge in [0.15, 0.2) is 6.61 Å². The summed E-state index contributed by atoms with van der Waals surface area (Å²) in [5.74, 6) is -1.31. The van der Waals surface area contributed by atoms with Gasteiger partial charge >= 0.3 is 6.61 Å². The molecule has 2 bridgehead atoms. The minimum Gasteiger partial charge on any atom is -0.484 e. The molecule has 1 atom stereocenters. The third-order valence-electron chi connectivity index (χ3n) is 6.89. The average molecular weight is 528 g/mol. The normalized spacial score (nSPS) is 24.9. The number of hydrogen-bond acceptors (Lipinski definition) is 6. The van der Waals surface area contributed by atoms with E-state index in [9.17, 15) is 27.9 Å². The van der Waals surface area contributed by atoms with Gasteiger partial charge < -0.3 is 25.2 Å². The van der Waals surface area contributed by atoms with Crippen molar-refractivity contribution in [1.82, 2.24) is 15.6 Å². The molecule has 2 amide bonds. The van der Waals surface area contributed by atoms with Gasteiger partial charge in [0.05, 0.1) is 35.0 Å². The summed E-state index contributed by atoms with van der Waals surface area (Å²) in [5.41, 5.74) is -1.19. The molecule has 0 unspecified atom stereocenters. The van der Waals surface area contributed by atoms with Crippen LogP contribution in [0.25, 0.3) is 0 Å². The van der Waals surface area contributed by atoms with Gasteiger partial charge in [-0.2, -0.15) is 8.78 Å². The van der Waals surface area contributed by atoms with Crippen LogP contribution in [-0.2, 0) is 16.1 Å². The van der Waals surface area contributed by atoms with E-state index in [-0.39, 0.29) is 42.0 Å². The maximum atomic E-state index is 13.5. The molecule has 0 spiro atoms. The van der Waals surface area contributed by atoms with Crippen LogP contribution in [0.2, 0.25) is 5.02 Å². The summed E-state index contributed by atoms with van der Waals surface area (Å²) in [6, 6.07) is 6.68. The smallest absolute Gasteiger partial charge is 0.387 e. The van der Waals surface area contributed by atoms with E-state index in [0.29, 0.717) is 31.4 Å². The predicted molar refractivity (Wildman–Crippen MR) is 122 cm³/mol. The Morgan fingerprint density at radius 3 is 2.50 bits per heavy atom. The summed E-state index contributed by atoms with van der Waals surface area (Å²) in [7, 11) is 0. The van der Waals surface area contributed by atoms with E-state index in [4.69, 9.17) is 16.3 Å². The van der Waals surface area contributed by atoms with E-state index < -0.39 is 35.4 Å². The second kappa shape index (κ2) is 10.5. The third kappa shape index (κ3) is 5.67. The van der Waals surface area contributed by atoms with Gasteiger partial charge in [0.1, 0.15) is 17.3 Å². The van der Waals surface area contributed by atoms with Crippen molar-refractivity contribution in [2.45, 2.75) is 56.9 Å². The van der Waals surface area contributed by atoms with E-state index in [2.05, 4.69) is 20.4 Å². The van der Waals surface area contributed by atoms with Crippen molar-refractivity contribution in [3.63, 3.8) is 0 Å². The fraction of sp³-hybridized carbons (Fsp3) is 0.458. The van der Waals surface area contributed by atoms with Crippen LogP contribution in [0.15, 0.2) is 36.5 Å². The summed E-state index contributed by atoms with van der Waals surface area (Å²) in [4.78, 5) is 29.5. The number of aromatic nitrogens is 1. The molecule has 1 aromatic heterocycles. The lowest BCUT2D eigenvalue weighted by molar-refractivity contribution is -0.156. The van der Waals surface area contributed by atoms with Gasteiger partial charge in [0.25, 0.3) is 5.91 Å². The molecule has 3 N–H and O–H groups in total. The van der Waals surface area contributed by atoms with Crippen LogP contribution in [0.5, 0.6) is 11.5 Å². The lowest BCUT2D eigenvalue weighted by Gasteiger charge is -2.55. The second-order valence-corrected chi connectivity index (χ2v) is 9.52. The van der Waals surface area contributed by atoms with Crippen LogP contribution in [0.1, 0.15) is 37.8 Å². The zero-order chi connectivity index (χ0) is 25.9. The first-order valence-electron chi connectivity index (χ1n) is 11.4. The third-order valence-corrected chi connectivity index (χ3v) is 7.20. The zero-order valence-corrected chi connectivity index (χ0v) is 19.9. The van der Waals surface area contributed by atoms with E-state index in [1.54, 1.807) is 0 Å². The summed E-state index contributed by atoms with van der Waals surface area (Å²) in [5, 5.41) is 16.5. The first-order valence-corrected chi connectivity index (χ1v) is 11.7. The Bertz CT molecular complexity index is 1110. The fourth-order valence-electron chi connectivity index (χ4n) is 4.91. The number of aliphatic hydroxyl groups excluding tert-OH is 1. The Morgan fingerprint density at radius 2 is 1.89 bits per heavy atom. The topological polar surface area (TPSA) is 110 Å². The van der Waals surface area contributed by atoms with Crippen molar-refractivity contribution in [2.24, 2.45) is 5.41 Å². The first kappa shape index (κ1) is 26.0. The predicted octanol–water partition coefficient (Wildman–Crippen LogP) is 3.35. The van der Waals surface area contributed by atoms with Gasteiger partial charge in [-0.1, -0.05) is 11.6 Å². The Morgan fingerprint density at radius 1 is 1.17 bits per heavy atom. The molecule has 3 aliphatic carbocycles. The number of alkyl halides is 2. The van der Waals surface area contributed by atoms with Crippen molar-refractivity contribution in [1.29, 1.82) is 0 Å². The Kier molecular flexibility index (Phi) is 7.60. The number of carbonyl (C=O) groups is 2. The number of benzene rings is 1. The molecule has 1 heterocycles. The number of pyridine rings is 1. The van der Waals surface area contributed by atoms with Crippen molar-refractivity contribution < 1.29 is 37.3 Å². The molecule has 3 fully saturated rings. The highest BCUT2D eigenvalue weighted by molar-refractivity contribution is 6.30. The summed E-state index contributed by atoms with van der Waals surface area (Å²) >= 11 is 5.64. The molecule has 0 saturated heterocycles. The molecule has 12 heteroatoms. The summed E-state index contributed by atoms with van der Waals surface area (Å²) < 4.78 is 47.7. The van der Waals surface area contributed by atoms with Crippen molar-refractivity contribution in [3.8, 4) is 11.5 Å². The Labute approximate surface area is 210 Å². The minimum atomic E-state index is -2.95. The average Bonchev–Trinajstić information content (AvgIpc) is 2.84. The Hall–Kier alpha value is -3.05. The largest absolute Gasteiger partial charge is 0.484 e. The lowest BCUT2D eigenvalue weighted by atomic mass is 9.55. The number of amides is 2. The fourth-order valence-corrected chi connectivity index (χ4v) is 5.03. The van der Waals surface area contributed by atoms with E-state index in [1.165, 1.54) is 24.3 Å². The molecule has 5 rings (SSSR count). The second-order valence-electron chi connectivity index (χ2n) is 9.12. The van der Waals surface area contributed by atoms with Gasteiger partial charge in [-0.05, 0) is 56.4 Å². The molecule has 1 aromatic carbocycles. The molecular weight excluding hydrogens is 503 g/mol. The number of ether oxygens (including phenoxy) is 2. The molecular formula is C24H25ClF3N3O5. The Balaban J connectivity index is 1.29. The highest BCUT2D eigenvalue weighted by Crippen LogP contribution is 2.52. The highest BCUT2D eigenvalue weighted by Gasteiger charge is 2.58. The van der Waals surface area contributed by atoms with Crippen molar-refractivity contribution in [2.75, 3.05) is 6.61 Å². The molecule has 0 radical (unpaired) electrons. The number of fused-ring (bicyclic) bond motifs is 3. The lowest BCUT2D eigenvalue weighted by Crippen LogP contribution is -2.65. The maximum Gasteiger partial charge on any atom is 0.387 e. The molecule has 8 nitrogen and oxygen atoms in total. The number of nitrogens with zero attached hydrogens (tertiary/aromatic N) is 1. The van der Waals surface area contributed by atoms with Crippen LogP contribution >= 0.6 is 11.6 Å². The van der Waals surface area contributed by atoms with E-state index >= 15 is 0 Å². The highest BCUT2D eigenvalue weighted by atomic mass is 35.5. The number of aliphatic hydroxyl groups is 1. The molecule has 3 aliphatic rings. The number of rotatable bonds is 9. The van der Waals surface area contributed by atoms with E-state index in [1.807, 2.05) is 0 Å². The van der Waals surface area contributed by atoms with Gasteiger partial charge in [-0.3, -0.25) is 14.6 Å². The number of hydrogen-bond donors (Lipinski definition) is 3. The molecule has 36 heavy (non-hydrogen) atoms. The SMILES string of the molecule is O=C(COc1ccc(Cl)c(F)c1)NC12CCC(C(=O)NCc3ccc(OC(F)F)cn3)(CC1)[C@@H](O)C2.